The van der Waals surface area contributed by atoms with Gasteiger partial charge in [0.1, 0.15) is 11.6 Å². The standard InChI is InChI=1S/C32H41F2N3O/c1-7-26(4)30(35-31(36(5)6)28-17-13-10-14-18-28)21-22-37(24-27-15-11-9-12-16-27)23-25(3)19-20-29(8-2)38-32(33)34/h7-21,25,32H,22-24H2,1-6H3/b20-19-,26-7+,29-8+,30-21+,35-31?. The van der Waals surface area contributed by atoms with E-state index >= 15 is 0 Å². The third kappa shape index (κ3) is 10.9. The van der Waals surface area contributed by atoms with Gasteiger partial charge in [-0.2, -0.15) is 8.78 Å². The molecule has 4 nitrogen and oxygen atoms in total. The topological polar surface area (TPSA) is 28.1 Å². The monoisotopic (exact) mass is 521 g/mol. The maximum absolute atomic E-state index is 12.6. The summed E-state index contributed by atoms with van der Waals surface area (Å²) in [4.78, 5) is 9.44. The molecule has 0 saturated heterocycles. The SMILES string of the molecule is C/C=C(\C=C/C(C)CN(C/C=C(N=C(c1ccccc1)N(C)C)\C(C)=C\C)Cc1ccccc1)OC(F)F. The fourth-order valence-electron chi connectivity index (χ4n) is 3.86. The van der Waals surface area contributed by atoms with Gasteiger partial charge in [0.05, 0.1) is 5.70 Å². The number of hydrogen-bond acceptors (Lipinski definition) is 3. The number of ether oxygens (including phenoxy) is 1. The molecule has 2 aromatic carbocycles. The molecule has 0 aromatic heterocycles. The van der Waals surface area contributed by atoms with Gasteiger partial charge in [0.2, 0.25) is 0 Å². The van der Waals surface area contributed by atoms with E-state index in [0.29, 0.717) is 6.54 Å². The van der Waals surface area contributed by atoms with Crippen molar-refractivity contribution in [1.29, 1.82) is 0 Å². The Kier molecular flexibility index (Phi) is 13.2. The lowest BCUT2D eigenvalue weighted by molar-refractivity contribution is -0.0922. The zero-order chi connectivity index (χ0) is 27.9. The lowest BCUT2D eigenvalue weighted by Crippen LogP contribution is -2.28. The molecule has 38 heavy (non-hydrogen) atoms. The molecule has 0 aliphatic rings. The second-order valence-corrected chi connectivity index (χ2v) is 9.34. The normalized spacial score (nSPS) is 14.5. The second-order valence-electron chi connectivity index (χ2n) is 9.34. The summed E-state index contributed by atoms with van der Waals surface area (Å²) in [5.41, 5.74) is 4.27. The van der Waals surface area contributed by atoms with Gasteiger partial charge in [-0.15, -0.1) is 0 Å². The molecular formula is C32H41F2N3O. The summed E-state index contributed by atoms with van der Waals surface area (Å²) in [6, 6.07) is 20.5. The third-order valence-electron chi connectivity index (χ3n) is 5.96. The van der Waals surface area contributed by atoms with E-state index in [2.05, 4.69) is 59.9 Å². The predicted octanol–water partition coefficient (Wildman–Crippen LogP) is 7.68. The van der Waals surface area contributed by atoms with E-state index in [1.165, 1.54) is 5.56 Å². The zero-order valence-electron chi connectivity index (χ0n) is 23.4. The van der Waals surface area contributed by atoms with E-state index in [1.54, 1.807) is 19.1 Å². The number of benzene rings is 2. The third-order valence-corrected chi connectivity index (χ3v) is 5.96. The largest absolute Gasteiger partial charge is 0.435 e. The maximum atomic E-state index is 12.6. The summed E-state index contributed by atoms with van der Waals surface area (Å²) in [5.74, 6) is 1.17. The van der Waals surface area contributed by atoms with Crippen LogP contribution in [-0.4, -0.2) is 49.4 Å². The van der Waals surface area contributed by atoms with Gasteiger partial charge in [0.15, 0.2) is 0 Å². The van der Waals surface area contributed by atoms with E-state index in [9.17, 15) is 8.78 Å². The molecule has 0 heterocycles. The number of amidine groups is 1. The Morgan fingerprint density at radius 3 is 2.16 bits per heavy atom. The average Bonchev–Trinajstić information content (AvgIpc) is 2.91. The van der Waals surface area contributed by atoms with Crippen LogP contribution in [0.3, 0.4) is 0 Å². The minimum atomic E-state index is -2.84. The molecule has 1 unspecified atom stereocenters. The van der Waals surface area contributed by atoms with Crippen LogP contribution in [-0.2, 0) is 11.3 Å². The highest BCUT2D eigenvalue weighted by molar-refractivity contribution is 5.99. The first-order valence-electron chi connectivity index (χ1n) is 12.9. The molecule has 0 aliphatic heterocycles. The van der Waals surface area contributed by atoms with Crippen molar-refractivity contribution in [3.63, 3.8) is 0 Å². The lowest BCUT2D eigenvalue weighted by atomic mass is 10.1. The number of rotatable bonds is 13. The first-order valence-corrected chi connectivity index (χ1v) is 12.9. The zero-order valence-corrected chi connectivity index (χ0v) is 23.4. The van der Waals surface area contributed by atoms with Gasteiger partial charge in [-0.05, 0) is 56.1 Å². The van der Waals surface area contributed by atoms with Crippen molar-refractivity contribution >= 4 is 5.84 Å². The Morgan fingerprint density at radius 1 is 0.974 bits per heavy atom. The molecule has 2 aromatic rings. The van der Waals surface area contributed by atoms with Gasteiger partial charge in [0, 0.05) is 39.3 Å². The molecule has 0 amide bonds. The minimum Gasteiger partial charge on any atom is -0.435 e. The summed E-state index contributed by atoms with van der Waals surface area (Å²) >= 11 is 0. The van der Waals surface area contributed by atoms with Crippen LogP contribution in [0.15, 0.2) is 113 Å². The molecular weight excluding hydrogens is 480 g/mol. The number of aliphatic imine (C=N–C) groups is 1. The van der Waals surface area contributed by atoms with E-state index in [1.807, 2.05) is 68.4 Å². The molecule has 0 fully saturated rings. The predicted molar refractivity (Wildman–Crippen MR) is 155 cm³/mol. The van der Waals surface area contributed by atoms with Crippen molar-refractivity contribution < 1.29 is 13.5 Å². The van der Waals surface area contributed by atoms with Gasteiger partial charge in [-0.25, -0.2) is 4.99 Å². The van der Waals surface area contributed by atoms with Crippen LogP contribution in [0.4, 0.5) is 8.78 Å². The lowest BCUT2D eigenvalue weighted by Gasteiger charge is -2.24. The van der Waals surface area contributed by atoms with Gasteiger partial charge >= 0.3 is 6.61 Å². The first kappa shape index (κ1) is 30.7. The molecule has 6 heteroatoms. The van der Waals surface area contributed by atoms with Crippen LogP contribution in [0.5, 0.6) is 0 Å². The van der Waals surface area contributed by atoms with Crippen molar-refractivity contribution in [2.75, 3.05) is 27.2 Å². The smallest absolute Gasteiger partial charge is 0.387 e. The summed E-state index contributed by atoms with van der Waals surface area (Å²) < 4.78 is 29.8. The van der Waals surface area contributed by atoms with E-state index < -0.39 is 6.61 Å². The molecule has 0 N–H and O–H groups in total. The molecule has 0 radical (unpaired) electrons. The van der Waals surface area contributed by atoms with Gasteiger partial charge < -0.3 is 9.64 Å². The van der Waals surface area contributed by atoms with Crippen LogP contribution in [0.25, 0.3) is 0 Å². The van der Waals surface area contributed by atoms with Gasteiger partial charge in [-0.1, -0.05) is 79.7 Å². The summed E-state index contributed by atoms with van der Waals surface area (Å²) in [6.07, 6.45) is 9.31. The fraction of sp³-hybridized carbons (Fsp3) is 0.344. The molecule has 0 saturated carbocycles. The highest BCUT2D eigenvalue weighted by Crippen LogP contribution is 2.17. The average molecular weight is 522 g/mol. The van der Waals surface area contributed by atoms with Crippen LogP contribution in [0.1, 0.15) is 38.8 Å². The van der Waals surface area contributed by atoms with E-state index in [4.69, 9.17) is 4.99 Å². The molecule has 1 atom stereocenters. The summed E-state index contributed by atoms with van der Waals surface area (Å²) in [7, 11) is 4.00. The second kappa shape index (κ2) is 16.4. The molecule has 0 bridgehead atoms. The van der Waals surface area contributed by atoms with Crippen molar-refractivity contribution in [1.82, 2.24) is 9.80 Å². The maximum Gasteiger partial charge on any atom is 0.387 e. The van der Waals surface area contributed by atoms with Crippen molar-refractivity contribution in [3.05, 3.63) is 119 Å². The van der Waals surface area contributed by atoms with Crippen LogP contribution >= 0.6 is 0 Å². The highest BCUT2D eigenvalue weighted by atomic mass is 19.3. The summed E-state index contributed by atoms with van der Waals surface area (Å²) in [6.45, 7) is 7.18. The quantitative estimate of drug-likeness (QED) is 0.117. The Labute approximate surface area is 227 Å². The number of nitrogens with zero attached hydrogens (tertiary/aromatic N) is 3. The van der Waals surface area contributed by atoms with Gasteiger partial charge in [-0.3, -0.25) is 4.90 Å². The van der Waals surface area contributed by atoms with Crippen LogP contribution in [0, 0.1) is 5.92 Å². The van der Waals surface area contributed by atoms with E-state index in [-0.39, 0.29) is 11.7 Å². The summed E-state index contributed by atoms with van der Waals surface area (Å²) in [5, 5.41) is 0. The van der Waals surface area contributed by atoms with Crippen LogP contribution < -0.4 is 0 Å². The number of halogens is 2. The molecule has 2 rings (SSSR count). The number of hydrogen-bond donors (Lipinski definition) is 0. The van der Waals surface area contributed by atoms with Gasteiger partial charge in [0.25, 0.3) is 0 Å². The molecule has 0 spiro atoms. The molecule has 204 valence electrons. The fourth-order valence-corrected chi connectivity index (χ4v) is 3.86. The number of alkyl halides is 2. The Morgan fingerprint density at radius 2 is 1.61 bits per heavy atom. The first-order chi connectivity index (χ1) is 18.2. The number of allylic oxidation sites excluding steroid dienone is 4. The Hall–Kier alpha value is -3.51. The van der Waals surface area contributed by atoms with Crippen molar-refractivity contribution in [2.45, 2.75) is 40.9 Å². The van der Waals surface area contributed by atoms with Crippen molar-refractivity contribution in [3.8, 4) is 0 Å². The Bertz CT molecular complexity index is 1120. The van der Waals surface area contributed by atoms with Crippen LogP contribution in [0.2, 0.25) is 0 Å². The minimum absolute atomic E-state index is 0.111. The van der Waals surface area contributed by atoms with Crippen molar-refractivity contribution in [2.24, 2.45) is 10.9 Å². The Balaban J connectivity index is 2.34. The highest BCUT2D eigenvalue weighted by Gasteiger charge is 2.12. The molecule has 0 aliphatic carbocycles. The van der Waals surface area contributed by atoms with E-state index in [0.717, 1.165) is 35.8 Å².